The molecule has 0 bridgehead atoms. The summed E-state index contributed by atoms with van der Waals surface area (Å²) in [6, 6.07) is 11.9. The number of rotatable bonds is 6. The summed E-state index contributed by atoms with van der Waals surface area (Å²) in [5, 5.41) is 11.2. The van der Waals surface area contributed by atoms with E-state index in [1.807, 2.05) is 0 Å². The van der Waals surface area contributed by atoms with Crippen LogP contribution in [0.15, 0.2) is 58.3 Å². The summed E-state index contributed by atoms with van der Waals surface area (Å²) in [6.07, 6.45) is 0. The predicted molar refractivity (Wildman–Crippen MR) is 111 cm³/mol. The van der Waals surface area contributed by atoms with Gasteiger partial charge in [0.1, 0.15) is 0 Å². The van der Waals surface area contributed by atoms with E-state index in [4.69, 9.17) is 16.7 Å². The van der Waals surface area contributed by atoms with Crippen LogP contribution in [-0.2, 0) is 26.7 Å². The Balaban J connectivity index is 1.71. The summed E-state index contributed by atoms with van der Waals surface area (Å²) in [4.78, 5) is 0.249. The SMILES string of the molecule is O=S(=O)(NS1=CCN(S(=O)(=O)c2ccc(Cl)cc2)CC1)c1ccc(CO)cc1. The minimum atomic E-state index is -3.73. The Morgan fingerprint density at radius 2 is 1.61 bits per heavy atom. The first-order chi connectivity index (χ1) is 13.2. The molecule has 1 aliphatic rings. The first-order valence-electron chi connectivity index (χ1n) is 8.23. The van der Waals surface area contributed by atoms with Crippen LogP contribution in [0, 0.1) is 0 Å². The van der Waals surface area contributed by atoms with Crippen molar-refractivity contribution < 1.29 is 21.9 Å². The summed E-state index contributed by atoms with van der Waals surface area (Å²) in [6.45, 7) is 0.153. The summed E-state index contributed by atoms with van der Waals surface area (Å²) >= 11 is 5.80. The average Bonchev–Trinajstić information content (AvgIpc) is 2.68. The number of sulfonamides is 2. The Bertz CT molecular complexity index is 1080. The molecular weight excluding hydrogens is 444 g/mol. The lowest BCUT2D eigenvalue weighted by molar-refractivity contribution is 0.282. The van der Waals surface area contributed by atoms with Gasteiger partial charge in [0, 0.05) is 23.9 Å². The normalized spacial score (nSPS) is 18.6. The van der Waals surface area contributed by atoms with Crippen LogP contribution in [0.5, 0.6) is 0 Å². The van der Waals surface area contributed by atoms with Gasteiger partial charge in [-0.3, -0.25) is 0 Å². The number of benzene rings is 2. The third kappa shape index (κ3) is 4.82. The van der Waals surface area contributed by atoms with E-state index >= 15 is 0 Å². The van der Waals surface area contributed by atoms with E-state index in [2.05, 4.69) is 4.13 Å². The van der Waals surface area contributed by atoms with Crippen LogP contribution in [0.4, 0.5) is 0 Å². The Morgan fingerprint density at radius 3 is 2.14 bits per heavy atom. The van der Waals surface area contributed by atoms with Crippen molar-refractivity contribution in [1.29, 1.82) is 0 Å². The van der Waals surface area contributed by atoms with Crippen LogP contribution in [0.3, 0.4) is 0 Å². The lowest BCUT2D eigenvalue weighted by Gasteiger charge is -2.26. The van der Waals surface area contributed by atoms with Crippen molar-refractivity contribution in [2.75, 3.05) is 18.8 Å². The van der Waals surface area contributed by atoms with Crippen molar-refractivity contribution in [2.45, 2.75) is 16.4 Å². The lowest BCUT2D eigenvalue weighted by Crippen LogP contribution is -2.39. The van der Waals surface area contributed by atoms with Crippen molar-refractivity contribution in [3.8, 4) is 0 Å². The molecule has 0 fully saturated rings. The van der Waals surface area contributed by atoms with E-state index in [0.29, 0.717) is 16.3 Å². The molecule has 0 radical (unpaired) electrons. The van der Waals surface area contributed by atoms with Gasteiger partial charge in [0.05, 0.1) is 16.4 Å². The summed E-state index contributed by atoms with van der Waals surface area (Å²) < 4.78 is 54.3. The largest absolute Gasteiger partial charge is 0.392 e. The molecule has 0 aromatic heterocycles. The summed E-state index contributed by atoms with van der Waals surface area (Å²) in [5.74, 6) is 0.348. The van der Waals surface area contributed by atoms with E-state index in [0.717, 1.165) is 0 Å². The van der Waals surface area contributed by atoms with Gasteiger partial charge in [-0.2, -0.15) is 8.43 Å². The van der Waals surface area contributed by atoms with Crippen molar-refractivity contribution in [2.24, 2.45) is 0 Å². The highest BCUT2D eigenvalue weighted by atomic mass is 35.5. The molecule has 1 atom stereocenters. The van der Waals surface area contributed by atoms with E-state index in [9.17, 15) is 16.8 Å². The molecule has 2 N–H and O–H groups in total. The molecule has 2 aromatic rings. The molecule has 0 saturated carbocycles. The highest BCUT2D eigenvalue weighted by molar-refractivity contribution is 8.20. The molecular formula is C17H19ClN2O5S3. The second-order valence-corrected chi connectivity index (χ2v) is 12.1. The fourth-order valence-corrected chi connectivity index (χ4v) is 7.83. The van der Waals surface area contributed by atoms with Crippen molar-refractivity contribution in [3.05, 3.63) is 59.1 Å². The monoisotopic (exact) mass is 462 g/mol. The minimum Gasteiger partial charge on any atom is -0.392 e. The predicted octanol–water partition coefficient (Wildman–Crippen LogP) is 1.80. The highest BCUT2D eigenvalue weighted by Crippen LogP contribution is 2.23. The molecule has 28 heavy (non-hydrogen) atoms. The Labute approximate surface area is 172 Å². The van der Waals surface area contributed by atoms with E-state index in [1.165, 1.54) is 40.7 Å². The summed E-state index contributed by atoms with van der Waals surface area (Å²) in [7, 11) is -8.16. The molecule has 0 amide bonds. The van der Waals surface area contributed by atoms with Crippen LogP contribution < -0.4 is 4.13 Å². The van der Waals surface area contributed by atoms with E-state index < -0.39 is 30.7 Å². The molecule has 7 nitrogen and oxygen atoms in total. The smallest absolute Gasteiger partial charge is 0.249 e. The minimum absolute atomic E-state index is 0.0989. The van der Waals surface area contributed by atoms with Gasteiger partial charge in [-0.25, -0.2) is 16.8 Å². The highest BCUT2D eigenvalue weighted by Gasteiger charge is 2.27. The Morgan fingerprint density at radius 1 is 1.00 bits per heavy atom. The van der Waals surface area contributed by atoms with Crippen LogP contribution >= 0.6 is 22.3 Å². The molecule has 1 aliphatic heterocycles. The summed E-state index contributed by atoms with van der Waals surface area (Å²) in [5.41, 5.74) is 0.619. The first kappa shape index (κ1) is 21.4. The zero-order valence-corrected chi connectivity index (χ0v) is 17.9. The molecule has 0 spiro atoms. The van der Waals surface area contributed by atoms with Gasteiger partial charge in [0.25, 0.3) is 0 Å². The maximum atomic E-state index is 12.7. The maximum Gasteiger partial charge on any atom is 0.249 e. The quantitative estimate of drug-likeness (QED) is 0.637. The lowest BCUT2D eigenvalue weighted by atomic mass is 10.2. The van der Waals surface area contributed by atoms with E-state index in [-0.39, 0.29) is 29.5 Å². The van der Waals surface area contributed by atoms with Gasteiger partial charge in [-0.1, -0.05) is 23.7 Å². The first-order valence-corrected chi connectivity index (χ1v) is 13.0. The number of hydrogen-bond donors (Lipinski definition) is 2. The van der Waals surface area contributed by atoms with Gasteiger partial charge in [0.15, 0.2) is 0 Å². The standard InChI is InChI=1S/C17H19ClN2O5S3/c18-15-3-7-17(8-4-15)28(24,25)20-9-11-26(12-10-20)19-27(22,23)16-5-1-14(13-21)2-6-16/h1-8,11,19,21H,9-10,12-13H2. The fourth-order valence-electron chi connectivity index (χ4n) is 2.56. The topological polar surface area (TPSA) is 104 Å². The number of nitrogens with zero attached hydrogens (tertiary/aromatic N) is 1. The molecule has 152 valence electrons. The van der Waals surface area contributed by atoms with Crippen molar-refractivity contribution in [3.63, 3.8) is 0 Å². The zero-order valence-electron chi connectivity index (χ0n) is 14.7. The molecule has 1 heterocycles. The van der Waals surface area contributed by atoms with E-state index in [1.54, 1.807) is 17.5 Å². The van der Waals surface area contributed by atoms with Gasteiger partial charge < -0.3 is 5.11 Å². The van der Waals surface area contributed by atoms with Gasteiger partial charge >= 0.3 is 0 Å². The number of aliphatic hydroxyl groups is 1. The van der Waals surface area contributed by atoms with Gasteiger partial charge in [-0.15, -0.1) is 10.7 Å². The Kier molecular flexibility index (Phi) is 6.60. The molecule has 1 unspecified atom stereocenters. The molecule has 11 heteroatoms. The molecule has 0 saturated heterocycles. The molecule has 2 aromatic carbocycles. The maximum absolute atomic E-state index is 12.7. The fraction of sp³-hybridized carbons (Fsp3) is 0.235. The number of halogens is 1. The van der Waals surface area contributed by atoms with Crippen LogP contribution in [-0.4, -0.2) is 50.5 Å². The Hall–Kier alpha value is -1.27. The molecule has 3 rings (SSSR count). The van der Waals surface area contributed by atoms with Gasteiger partial charge in [-0.05, 0) is 47.3 Å². The second-order valence-electron chi connectivity index (χ2n) is 6.01. The van der Waals surface area contributed by atoms with Crippen LogP contribution in [0.1, 0.15) is 5.56 Å². The average molecular weight is 463 g/mol. The second kappa shape index (κ2) is 8.62. The van der Waals surface area contributed by atoms with Crippen molar-refractivity contribution >= 4 is 47.7 Å². The van der Waals surface area contributed by atoms with Gasteiger partial charge in [0.2, 0.25) is 20.0 Å². The number of hydrogen-bond acceptors (Lipinski definition) is 5. The third-order valence-electron chi connectivity index (χ3n) is 4.12. The van der Waals surface area contributed by atoms with Crippen LogP contribution in [0.25, 0.3) is 0 Å². The zero-order chi connectivity index (χ0) is 20.4. The number of aliphatic hydroxyl groups excluding tert-OH is 1. The third-order valence-corrected chi connectivity index (χ3v) is 10.1. The van der Waals surface area contributed by atoms with Crippen molar-refractivity contribution in [1.82, 2.24) is 8.43 Å². The number of nitrogens with one attached hydrogen (secondary N) is 1. The molecule has 0 aliphatic carbocycles. The van der Waals surface area contributed by atoms with Crippen LogP contribution in [0.2, 0.25) is 5.02 Å².